The van der Waals surface area contributed by atoms with Gasteiger partial charge in [-0.1, -0.05) is 104 Å². The Morgan fingerprint density at radius 3 is 1.27 bits per heavy atom. The highest BCUT2D eigenvalue weighted by atomic mass is 31.2. The summed E-state index contributed by atoms with van der Waals surface area (Å²) >= 11 is 0. The Hall–Kier alpha value is -1.94. The third-order valence-corrected chi connectivity index (χ3v) is 9.24. The summed E-state index contributed by atoms with van der Waals surface area (Å²) in [5, 5.41) is 9.94. The van der Waals surface area contributed by atoms with E-state index in [4.69, 9.17) is 18.7 Å². The van der Waals surface area contributed by atoms with Gasteiger partial charge in [-0.3, -0.25) is 37.3 Å². The molecule has 0 aromatic carbocycles. The number of hydrogen-bond donors (Lipinski definition) is 3. The van der Waals surface area contributed by atoms with Crippen molar-refractivity contribution in [3.05, 3.63) is 0 Å². The van der Waals surface area contributed by atoms with Gasteiger partial charge in [0.15, 0.2) is 12.2 Å². The van der Waals surface area contributed by atoms with Crippen LogP contribution >= 0.6 is 15.6 Å². The van der Waals surface area contributed by atoms with E-state index in [1.807, 2.05) is 0 Å². The van der Waals surface area contributed by atoms with Crippen LogP contribution in [0.15, 0.2) is 0 Å². The minimum absolute atomic E-state index is 0.0234. The Balaban J connectivity index is 4.19. The predicted octanol–water partition coefficient (Wildman–Crippen LogP) is 5.46. The van der Waals surface area contributed by atoms with E-state index >= 15 is 0 Å². The molecule has 0 amide bonds. The molecule has 0 saturated heterocycles. The molecule has 3 N–H and O–H groups in total. The van der Waals surface area contributed by atoms with E-state index in [-0.39, 0.29) is 25.8 Å². The number of phosphoric acid groups is 2. The van der Waals surface area contributed by atoms with Gasteiger partial charge < -0.3 is 33.8 Å². The topological polar surface area (TPSA) is 237 Å². The van der Waals surface area contributed by atoms with Crippen molar-refractivity contribution in [1.82, 2.24) is 0 Å². The number of phosphoric ester groups is 2. The lowest BCUT2D eigenvalue weighted by atomic mass is 10.0. The molecule has 51 heavy (non-hydrogen) atoms. The Morgan fingerprint density at radius 2 is 0.902 bits per heavy atom. The zero-order valence-corrected chi connectivity index (χ0v) is 31.9. The summed E-state index contributed by atoms with van der Waals surface area (Å²) in [5.41, 5.74) is 0. The van der Waals surface area contributed by atoms with Gasteiger partial charge in [-0.05, 0) is 6.42 Å². The Labute approximate surface area is 301 Å². The van der Waals surface area contributed by atoms with Crippen LogP contribution in [0.4, 0.5) is 0 Å². The zero-order chi connectivity index (χ0) is 38.2. The van der Waals surface area contributed by atoms with E-state index in [0.717, 1.165) is 19.3 Å². The SMILES string of the molecule is CCCCCCCCCCCCCCCCCC(=O)OC[C@H](COP(=O)(O)OC[C@@H](O)COP(=O)(O)OC[C@@H](COC(=O)CC)OC=O)OC=O. The second-order valence-corrected chi connectivity index (χ2v) is 14.8. The van der Waals surface area contributed by atoms with Crippen molar-refractivity contribution in [2.45, 2.75) is 141 Å². The summed E-state index contributed by atoms with van der Waals surface area (Å²) in [4.78, 5) is 64.4. The fourth-order valence-electron chi connectivity index (χ4n) is 4.43. The maximum atomic E-state index is 12.2. The highest BCUT2D eigenvalue weighted by Crippen LogP contribution is 2.45. The molecule has 0 radical (unpaired) electrons. The van der Waals surface area contributed by atoms with Crippen LogP contribution in [0.25, 0.3) is 0 Å². The quantitative estimate of drug-likeness (QED) is 0.0233. The van der Waals surface area contributed by atoms with Crippen LogP contribution in [0.1, 0.15) is 123 Å². The van der Waals surface area contributed by atoms with Gasteiger partial charge in [-0.2, -0.15) is 0 Å². The van der Waals surface area contributed by atoms with Crippen molar-refractivity contribution >= 4 is 40.5 Å². The van der Waals surface area contributed by atoms with E-state index in [1.54, 1.807) is 0 Å². The highest BCUT2D eigenvalue weighted by molar-refractivity contribution is 7.47. The molecule has 0 aromatic heterocycles. The van der Waals surface area contributed by atoms with Crippen molar-refractivity contribution in [2.75, 3.05) is 39.6 Å². The molecule has 0 aliphatic heterocycles. The molecule has 0 aliphatic carbocycles. The molecule has 0 bridgehead atoms. The number of aliphatic hydroxyl groups is 1. The smallest absolute Gasteiger partial charge is 0.462 e. The molecule has 0 fully saturated rings. The van der Waals surface area contributed by atoms with Crippen LogP contribution in [-0.4, -0.2) is 97.7 Å². The van der Waals surface area contributed by atoms with E-state index in [1.165, 1.54) is 77.6 Å². The maximum absolute atomic E-state index is 12.2. The third-order valence-electron chi connectivity index (χ3n) is 7.34. The standard InChI is InChI=1S/C32H60O17P2/c1-3-5-6-7-8-9-10-11-12-13-14-15-16-17-18-19-32(37)43-23-30(45-27-34)25-49-51(40,41)47-21-28(35)20-46-50(38,39)48-24-29(44-26-33)22-42-31(36)4-2/h26-30,35H,3-25H2,1-2H3,(H,38,39)(H,40,41)/t28-,29+,30+/m0/s1. The molecule has 0 saturated carbocycles. The van der Waals surface area contributed by atoms with E-state index in [9.17, 15) is 43.2 Å². The molecular formula is C32H60O17P2. The summed E-state index contributed by atoms with van der Waals surface area (Å²) in [5.74, 6) is -1.13. The molecule has 19 heteroatoms. The molecule has 0 heterocycles. The zero-order valence-electron chi connectivity index (χ0n) is 30.1. The number of carbonyl (C=O) groups is 4. The number of aliphatic hydroxyl groups excluding tert-OH is 1. The lowest BCUT2D eigenvalue weighted by Gasteiger charge is -2.20. The van der Waals surface area contributed by atoms with Crippen molar-refractivity contribution in [1.29, 1.82) is 0 Å². The first-order valence-electron chi connectivity index (χ1n) is 17.8. The summed E-state index contributed by atoms with van der Waals surface area (Å²) in [6.07, 6.45) is 14.0. The monoisotopic (exact) mass is 778 g/mol. The van der Waals surface area contributed by atoms with Gasteiger partial charge in [0.2, 0.25) is 0 Å². The normalized spacial score (nSPS) is 15.5. The first kappa shape index (κ1) is 49.1. The Kier molecular flexibility index (Phi) is 30.4. The van der Waals surface area contributed by atoms with Crippen molar-refractivity contribution in [2.24, 2.45) is 0 Å². The summed E-state index contributed by atoms with van der Waals surface area (Å²) in [7, 11) is -9.66. The van der Waals surface area contributed by atoms with Crippen molar-refractivity contribution in [3.63, 3.8) is 0 Å². The van der Waals surface area contributed by atoms with Gasteiger partial charge in [0, 0.05) is 12.8 Å². The highest BCUT2D eigenvalue weighted by Gasteiger charge is 2.29. The van der Waals surface area contributed by atoms with Crippen LogP contribution in [0.2, 0.25) is 0 Å². The minimum atomic E-state index is -4.84. The second kappa shape index (κ2) is 31.6. The van der Waals surface area contributed by atoms with Crippen LogP contribution in [-0.2, 0) is 65.4 Å². The Bertz CT molecular complexity index is 1010. The van der Waals surface area contributed by atoms with Gasteiger partial charge in [0.05, 0.1) is 26.4 Å². The molecule has 0 rings (SSSR count). The summed E-state index contributed by atoms with van der Waals surface area (Å²) in [6, 6.07) is 0. The third kappa shape index (κ3) is 31.3. The summed E-state index contributed by atoms with van der Waals surface area (Å²) < 4.78 is 62.1. The van der Waals surface area contributed by atoms with E-state index in [2.05, 4.69) is 25.2 Å². The first-order valence-corrected chi connectivity index (χ1v) is 20.8. The van der Waals surface area contributed by atoms with E-state index < -0.39 is 85.5 Å². The first-order chi connectivity index (χ1) is 24.4. The largest absolute Gasteiger partial charge is 0.472 e. The minimum Gasteiger partial charge on any atom is -0.462 e. The van der Waals surface area contributed by atoms with Crippen LogP contribution in [0.5, 0.6) is 0 Å². The molecule has 0 spiro atoms. The van der Waals surface area contributed by atoms with Crippen LogP contribution in [0, 0.1) is 0 Å². The lowest BCUT2D eigenvalue weighted by Crippen LogP contribution is -2.27. The molecule has 5 atom stereocenters. The predicted molar refractivity (Wildman–Crippen MR) is 183 cm³/mol. The van der Waals surface area contributed by atoms with Gasteiger partial charge in [-0.15, -0.1) is 0 Å². The molecule has 300 valence electrons. The molecule has 17 nitrogen and oxygen atoms in total. The average molecular weight is 779 g/mol. The number of esters is 2. The molecule has 0 aromatic rings. The number of ether oxygens (including phenoxy) is 4. The maximum Gasteiger partial charge on any atom is 0.472 e. The van der Waals surface area contributed by atoms with Gasteiger partial charge in [0.1, 0.15) is 19.3 Å². The number of carbonyl (C=O) groups excluding carboxylic acids is 4. The number of rotatable bonds is 37. The molecule has 0 aliphatic rings. The van der Waals surface area contributed by atoms with Crippen molar-refractivity contribution in [3.8, 4) is 0 Å². The number of hydrogen-bond acceptors (Lipinski definition) is 15. The molecular weight excluding hydrogens is 718 g/mol. The van der Waals surface area contributed by atoms with E-state index in [0.29, 0.717) is 6.42 Å². The van der Waals surface area contributed by atoms with Gasteiger partial charge >= 0.3 is 27.6 Å². The van der Waals surface area contributed by atoms with Gasteiger partial charge in [-0.25, -0.2) is 9.13 Å². The van der Waals surface area contributed by atoms with Crippen molar-refractivity contribution < 1.29 is 80.2 Å². The van der Waals surface area contributed by atoms with Gasteiger partial charge in [0.25, 0.3) is 12.9 Å². The fourth-order valence-corrected chi connectivity index (χ4v) is 6.01. The van der Waals surface area contributed by atoms with Crippen LogP contribution in [0.3, 0.4) is 0 Å². The lowest BCUT2D eigenvalue weighted by molar-refractivity contribution is -0.153. The number of unbranched alkanes of at least 4 members (excludes halogenated alkanes) is 14. The Morgan fingerprint density at radius 1 is 0.549 bits per heavy atom. The molecule has 2 unspecified atom stereocenters. The second-order valence-electron chi connectivity index (χ2n) is 11.9. The average Bonchev–Trinajstić information content (AvgIpc) is 3.10. The summed E-state index contributed by atoms with van der Waals surface area (Å²) in [6.45, 7) is -0.232. The van der Waals surface area contributed by atoms with Crippen LogP contribution < -0.4 is 0 Å². The fraction of sp³-hybridized carbons (Fsp3) is 0.875.